The van der Waals surface area contributed by atoms with Crippen LogP contribution in [0.1, 0.15) is 13.3 Å². The molecule has 0 aliphatic rings. The van der Waals surface area contributed by atoms with Crippen LogP contribution >= 0.6 is 0 Å². The Bertz CT molecular complexity index is 504. The molecule has 0 saturated heterocycles. The number of hydrogen-bond acceptors (Lipinski definition) is 7. The third kappa shape index (κ3) is 2.88. The summed E-state index contributed by atoms with van der Waals surface area (Å²) in [6, 6.07) is 0.254. The van der Waals surface area contributed by atoms with Crippen molar-refractivity contribution < 1.29 is 4.74 Å². The zero-order valence-corrected chi connectivity index (χ0v) is 10.3. The van der Waals surface area contributed by atoms with Crippen LogP contribution in [0.5, 0.6) is 6.01 Å². The van der Waals surface area contributed by atoms with Gasteiger partial charge in [0.1, 0.15) is 5.69 Å². The Hall–Kier alpha value is -2.31. The van der Waals surface area contributed by atoms with Gasteiger partial charge in [0.2, 0.25) is 5.95 Å². The minimum absolute atomic E-state index is 0.254. The van der Waals surface area contributed by atoms with E-state index in [2.05, 4.69) is 37.2 Å². The highest BCUT2D eigenvalue weighted by Gasteiger charge is 2.09. The van der Waals surface area contributed by atoms with E-state index in [1.54, 1.807) is 18.6 Å². The van der Waals surface area contributed by atoms with Crippen LogP contribution in [0.3, 0.4) is 0 Å². The fourth-order valence-electron chi connectivity index (χ4n) is 1.29. The molecule has 0 aromatic carbocycles. The molecule has 0 amide bonds. The molecule has 0 aliphatic carbocycles. The molecule has 18 heavy (non-hydrogen) atoms. The van der Waals surface area contributed by atoms with E-state index < -0.39 is 0 Å². The standard InChI is InChI=1S/C11H14N6O/c1-3-4-14-10-15-9(16-11(17-10)18-2)8-7-12-5-6-13-8/h5-7H,3-4H2,1-2H3,(H,14,15,16,17). The summed E-state index contributed by atoms with van der Waals surface area (Å²) in [4.78, 5) is 20.7. The van der Waals surface area contributed by atoms with E-state index in [-0.39, 0.29) is 6.01 Å². The van der Waals surface area contributed by atoms with E-state index >= 15 is 0 Å². The molecule has 2 aromatic rings. The summed E-state index contributed by atoms with van der Waals surface area (Å²) in [6.45, 7) is 2.85. The lowest BCUT2D eigenvalue weighted by Gasteiger charge is -2.06. The molecule has 7 heteroatoms. The SMILES string of the molecule is CCCNc1nc(OC)nc(-c2cnccn2)n1. The van der Waals surface area contributed by atoms with E-state index in [1.807, 2.05) is 0 Å². The first-order chi connectivity index (χ1) is 8.83. The van der Waals surface area contributed by atoms with Gasteiger partial charge >= 0.3 is 6.01 Å². The first kappa shape index (κ1) is 12.2. The highest BCUT2D eigenvalue weighted by Crippen LogP contribution is 2.15. The van der Waals surface area contributed by atoms with Gasteiger partial charge in [-0.3, -0.25) is 4.98 Å². The van der Waals surface area contributed by atoms with Crippen LogP contribution in [0.4, 0.5) is 5.95 Å². The maximum atomic E-state index is 5.05. The molecule has 7 nitrogen and oxygen atoms in total. The highest BCUT2D eigenvalue weighted by atomic mass is 16.5. The number of ether oxygens (including phenoxy) is 1. The van der Waals surface area contributed by atoms with Crippen LogP contribution in [-0.2, 0) is 0 Å². The minimum atomic E-state index is 0.254. The highest BCUT2D eigenvalue weighted by molar-refractivity contribution is 5.49. The van der Waals surface area contributed by atoms with E-state index in [4.69, 9.17) is 4.74 Å². The first-order valence-corrected chi connectivity index (χ1v) is 5.63. The Labute approximate surface area is 105 Å². The average Bonchev–Trinajstić information content (AvgIpc) is 2.45. The van der Waals surface area contributed by atoms with Crippen molar-refractivity contribution in [1.29, 1.82) is 0 Å². The Balaban J connectivity index is 2.35. The molecule has 0 aliphatic heterocycles. The van der Waals surface area contributed by atoms with Crippen molar-refractivity contribution in [3.8, 4) is 17.5 Å². The average molecular weight is 246 g/mol. The number of aromatic nitrogens is 5. The molecule has 0 atom stereocenters. The third-order valence-electron chi connectivity index (χ3n) is 2.12. The summed E-state index contributed by atoms with van der Waals surface area (Å²) < 4.78 is 5.05. The topological polar surface area (TPSA) is 85.7 Å². The Kier molecular flexibility index (Phi) is 3.95. The van der Waals surface area contributed by atoms with Crippen LogP contribution < -0.4 is 10.1 Å². The van der Waals surface area contributed by atoms with Crippen molar-refractivity contribution in [2.75, 3.05) is 19.0 Å². The van der Waals surface area contributed by atoms with Gasteiger partial charge in [0.25, 0.3) is 0 Å². The van der Waals surface area contributed by atoms with Gasteiger partial charge in [-0.05, 0) is 6.42 Å². The lowest BCUT2D eigenvalue weighted by atomic mass is 10.4. The summed E-state index contributed by atoms with van der Waals surface area (Å²) >= 11 is 0. The van der Waals surface area contributed by atoms with Crippen molar-refractivity contribution in [3.05, 3.63) is 18.6 Å². The van der Waals surface area contributed by atoms with Crippen molar-refractivity contribution in [2.24, 2.45) is 0 Å². The summed E-state index contributed by atoms with van der Waals surface area (Å²) in [5.41, 5.74) is 0.581. The minimum Gasteiger partial charge on any atom is -0.467 e. The summed E-state index contributed by atoms with van der Waals surface area (Å²) in [5.74, 6) is 0.915. The largest absolute Gasteiger partial charge is 0.467 e. The summed E-state index contributed by atoms with van der Waals surface area (Å²) in [6.07, 6.45) is 5.76. The van der Waals surface area contributed by atoms with Gasteiger partial charge < -0.3 is 10.1 Å². The lowest BCUT2D eigenvalue weighted by Crippen LogP contribution is -2.08. The second kappa shape index (κ2) is 5.85. The van der Waals surface area contributed by atoms with Gasteiger partial charge in [-0.2, -0.15) is 15.0 Å². The van der Waals surface area contributed by atoms with Gasteiger partial charge in [0.15, 0.2) is 5.82 Å². The third-order valence-corrected chi connectivity index (χ3v) is 2.12. The zero-order valence-electron chi connectivity index (χ0n) is 10.3. The maximum Gasteiger partial charge on any atom is 0.321 e. The fraction of sp³-hybridized carbons (Fsp3) is 0.364. The van der Waals surface area contributed by atoms with Gasteiger partial charge in [-0.25, -0.2) is 4.98 Å². The predicted octanol–water partition coefficient (Wildman–Crippen LogP) is 1.16. The number of methoxy groups -OCH3 is 1. The first-order valence-electron chi connectivity index (χ1n) is 5.63. The van der Waals surface area contributed by atoms with Crippen LogP contribution in [0.25, 0.3) is 11.5 Å². The molecule has 0 radical (unpaired) electrons. The number of hydrogen-bond donors (Lipinski definition) is 1. The Morgan fingerprint density at radius 3 is 2.78 bits per heavy atom. The molecule has 2 heterocycles. The predicted molar refractivity (Wildman–Crippen MR) is 66.2 cm³/mol. The molecule has 0 spiro atoms. The van der Waals surface area contributed by atoms with E-state index in [1.165, 1.54) is 7.11 Å². The second-order valence-corrected chi connectivity index (χ2v) is 3.49. The Morgan fingerprint density at radius 1 is 1.22 bits per heavy atom. The van der Waals surface area contributed by atoms with Crippen LogP contribution in [0, 0.1) is 0 Å². The van der Waals surface area contributed by atoms with Gasteiger partial charge in [-0.15, -0.1) is 0 Å². The van der Waals surface area contributed by atoms with Crippen LogP contribution in [0.2, 0.25) is 0 Å². The normalized spacial score (nSPS) is 10.1. The molecular weight excluding hydrogens is 232 g/mol. The number of anilines is 1. The van der Waals surface area contributed by atoms with Crippen molar-refractivity contribution in [2.45, 2.75) is 13.3 Å². The van der Waals surface area contributed by atoms with E-state index in [9.17, 15) is 0 Å². The second-order valence-electron chi connectivity index (χ2n) is 3.49. The van der Waals surface area contributed by atoms with E-state index in [0.717, 1.165) is 13.0 Å². The monoisotopic (exact) mass is 246 g/mol. The van der Waals surface area contributed by atoms with Crippen LogP contribution in [-0.4, -0.2) is 38.6 Å². The molecule has 1 N–H and O–H groups in total. The molecule has 94 valence electrons. The molecule has 2 rings (SSSR count). The van der Waals surface area contributed by atoms with Crippen molar-refractivity contribution in [1.82, 2.24) is 24.9 Å². The van der Waals surface area contributed by atoms with Gasteiger partial charge in [0.05, 0.1) is 13.3 Å². The number of nitrogens with one attached hydrogen (secondary N) is 1. The summed E-state index contributed by atoms with van der Waals surface area (Å²) in [5, 5.41) is 3.09. The molecule has 0 fully saturated rings. The molecule has 0 bridgehead atoms. The van der Waals surface area contributed by atoms with Gasteiger partial charge in [0, 0.05) is 18.9 Å². The molecular formula is C11H14N6O. The number of nitrogens with zero attached hydrogens (tertiary/aromatic N) is 5. The maximum absolute atomic E-state index is 5.05. The van der Waals surface area contributed by atoms with Crippen LogP contribution in [0.15, 0.2) is 18.6 Å². The zero-order chi connectivity index (χ0) is 12.8. The fourth-order valence-corrected chi connectivity index (χ4v) is 1.29. The van der Waals surface area contributed by atoms with Crippen molar-refractivity contribution in [3.63, 3.8) is 0 Å². The molecule has 0 unspecified atom stereocenters. The van der Waals surface area contributed by atoms with Gasteiger partial charge in [-0.1, -0.05) is 6.92 Å². The Morgan fingerprint density at radius 2 is 2.11 bits per heavy atom. The lowest BCUT2D eigenvalue weighted by molar-refractivity contribution is 0.379. The molecule has 0 saturated carbocycles. The number of rotatable bonds is 5. The van der Waals surface area contributed by atoms with Crippen molar-refractivity contribution >= 4 is 5.95 Å². The summed E-state index contributed by atoms with van der Waals surface area (Å²) in [7, 11) is 1.51. The smallest absolute Gasteiger partial charge is 0.321 e. The molecule has 2 aromatic heterocycles. The quantitative estimate of drug-likeness (QED) is 0.847. The van der Waals surface area contributed by atoms with E-state index in [0.29, 0.717) is 17.5 Å².